The molecule has 0 aliphatic carbocycles. The third kappa shape index (κ3) is 2.34. The minimum Gasteiger partial charge on any atom is -0.438 e. The normalized spacial score (nSPS) is 10.2. The van der Waals surface area contributed by atoms with Gasteiger partial charge in [-0.25, -0.2) is 4.98 Å². The van der Waals surface area contributed by atoms with E-state index in [2.05, 4.69) is 4.98 Å². The van der Waals surface area contributed by atoms with E-state index in [1.165, 1.54) is 0 Å². The minimum absolute atomic E-state index is 0.455. The number of rotatable bonds is 2. The van der Waals surface area contributed by atoms with Crippen LogP contribution in [0.5, 0.6) is 11.6 Å². The molecular weight excluding hydrogens is 222 g/mol. The molecule has 0 unspecified atom stereocenters. The van der Waals surface area contributed by atoms with E-state index in [9.17, 15) is 0 Å². The van der Waals surface area contributed by atoms with Gasteiger partial charge in [0.15, 0.2) is 0 Å². The first kappa shape index (κ1) is 11.0. The highest BCUT2D eigenvalue weighted by Crippen LogP contribution is 2.28. The van der Waals surface area contributed by atoms with Gasteiger partial charge in [-0.1, -0.05) is 29.8 Å². The molecule has 2 aromatic rings. The van der Waals surface area contributed by atoms with E-state index in [1.807, 2.05) is 50.2 Å². The third-order valence-corrected chi connectivity index (χ3v) is 2.62. The van der Waals surface area contributed by atoms with Gasteiger partial charge in [0.05, 0.1) is 0 Å². The Balaban J connectivity index is 2.32. The fourth-order valence-electron chi connectivity index (χ4n) is 1.32. The molecular formula is C13H12ClNO. The topological polar surface area (TPSA) is 22.1 Å². The maximum absolute atomic E-state index is 6.06. The van der Waals surface area contributed by atoms with Crippen LogP contribution in [0.25, 0.3) is 0 Å². The number of hydrogen-bond donors (Lipinski definition) is 0. The van der Waals surface area contributed by atoms with Crippen LogP contribution < -0.4 is 4.74 Å². The first-order chi connectivity index (χ1) is 7.66. The molecule has 1 aromatic heterocycles. The van der Waals surface area contributed by atoms with Crippen molar-refractivity contribution in [3.05, 3.63) is 52.7 Å². The second kappa shape index (κ2) is 4.54. The summed E-state index contributed by atoms with van der Waals surface area (Å²) in [6.45, 7) is 3.91. The molecule has 0 saturated heterocycles. The summed E-state index contributed by atoms with van der Waals surface area (Å²) in [5, 5.41) is 0.534. The molecule has 16 heavy (non-hydrogen) atoms. The Morgan fingerprint density at radius 2 is 1.81 bits per heavy atom. The van der Waals surface area contributed by atoms with Gasteiger partial charge in [0.25, 0.3) is 0 Å². The van der Waals surface area contributed by atoms with Crippen molar-refractivity contribution in [1.29, 1.82) is 0 Å². The lowest BCUT2D eigenvalue weighted by atomic mass is 10.2. The molecule has 2 nitrogen and oxygen atoms in total. The molecule has 0 atom stereocenters. The second-order valence-electron chi connectivity index (χ2n) is 3.59. The Hall–Kier alpha value is -1.54. The predicted octanol–water partition coefficient (Wildman–Crippen LogP) is 4.14. The van der Waals surface area contributed by atoms with Gasteiger partial charge in [-0.15, -0.1) is 0 Å². The van der Waals surface area contributed by atoms with Crippen molar-refractivity contribution in [2.45, 2.75) is 13.8 Å². The Morgan fingerprint density at radius 3 is 2.50 bits per heavy atom. The van der Waals surface area contributed by atoms with Crippen molar-refractivity contribution in [2.24, 2.45) is 0 Å². The van der Waals surface area contributed by atoms with Gasteiger partial charge >= 0.3 is 0 Å². The molecule has 3 heteroatoms. The first-order valence-electron chi connectivity index (χ1n) is 5.03. The molecule has 0 fully saturated rings. The van der Waals surface area contributed by atoms with Crippen LogP contribution in [0, 0.1) is 13.8 Å². The lowest BCUT2D eigenvalue weighted by Gasteiger charge is -2.08. The van der Waals surface area contributed by atoms with Crippen LogP contribution in [0.3, 0.4) is 0 Å². The molecule has 0 N–H and O–H groups in total. The van der Waals surface area contributed by atoms with Crippen LogP contribution >= 0.6 is 11.6 Å². The van der Waals surface area contributed by atoms with Crippen LogP contribution in [0.15, 0.2) is 36.4 Å². The summed E-state index contributed by atoms with van der Waals surface area (Å²) in [5.74, 6) is 1.19. The van der Waals surface area contributed by atoms with E-state index in [4.69, 9.17) is 16.3 Å². The molecule has 82 valence electrons. The second-order valence-corrected chi connectivity index (χ2v) is 4.00. The Morgan fingerprint density at radius 1 is 1.12 bits per heavy atom. The van der Waals surface area contributed by atoms with Crippen molar-refractivity contribution in [3.8, 4) is 11.6 Å². The lowest BCUT2D eigenvalue weighted by Crippen LogP contribution is -1.93. The fourth-order valence-corrected chi connectivity index (χ4v) is 1.57. The van der Waals surface area contributed by atoms with Crippen LogP contribution in [-0.4, -0.2) is 4.98 Å². The van der Waals surface area contributed by atoms with Gasteiger partial charge in [0.2, 0.25) is 5.88 Å². The van der Waals surface area contributed by atoms with Crippen LogP contribution in [-0.2, 0) is 0 Å². The third-order valence-electron chi connectivity index (χ3n) is 2.35. The van der Waals surface area contributed by atoms with Gasteiger partial charge in [0, 0.05) is 5.69 Å². The number of nitrogens with zero attached hydrogens (tertiary/aromatic N) is 1. The van der Waals surface area contributed by atoms with Gasteiger partial charge in [0.1, 0.15) is 10.8 Å². The van der Waals surface area contributed by atoms with E-state index in [-0.39, 0.29) is 0 Å². The molecule has 0 amide bonds. The molecule has 0 aliphatic heterocycles. The summed E-state index contributed by atoms with van der Waals surface area (Å²) in [7, 11) is 0. The Bertz CT molecular complexity index is 497. The summed E-state index contributed by atoms with van der Waals surface area (Å²) in [5.41, 5.74) is 1.99. The smallest absolute Gasteiger partial charge is 0.238 e. The number of hydrogen-bond acceptors (Lipinski definition) is 2. The average Bonchev–Trinajstić information content (AvgIpc) is 2.27. The number of pyridine rings is 1. The van der Waals surface area contributed by atoms with Crippen LogP contribution in [0.4, 0.5) is 0 Å². The zero-order valence-electron chi connectivity index (χ0n) is 9.20. The summed E-state index contributed by atoms with van der Waals surface area (Å²) < 4.78 is 5.60. The zero-order chi connectivity index (χ0) is 11.5. The molecule has 0 radical (unpaired) electrons. The highest BCUT2D eigenvalue weighted by atomic mass is 35.5. The summed E-state index contributed by atoms with van der Waals surface area (Å²) >= 11 is 6.06. The standard InChI is InChI=1S/C13H12ClNO/c1-9-8-12(14)13(15-10(9)2)16-11-6-4-3-5-7-11/h3-8H,1-2H3. The van der Waals surface area contributed by atoms with Gasteiger partial charge in [-0.05, 0) is 37.6 Å². The lowest BCUT2D eigenvalue weighted by molar-refractivity contribution is 0.461. The molecule has 0 saturated carbocycles. The van der Waals surface area contributed by atoms with Crippen molar-refractivity contribution in [2.75, 3.05) is 0 Å². The van der Waals surface area contributed by atoms with Gasteiger partial charge in [-0.2, -0.15) is 0 Å². The first-order valence-corrected chi connectivity index (χ1v) is 5.41. The number of ether oxygens (including phenoxy) is 1. The average molecular weight is 234 g/mol. The number of halogens is 1. The number of para-hydroxylation sites is 1. The fraction of sp³-hybridized carbons (Fsp3) is 0.154. The van der Waals surface area contributed by atoms with E-state index in [1.54, 1.807) is 0 Å². The van der Waals surface area contributed by atoms with Crippen molar-refractivity contribution < 1.29 is 4.74 Å². The van der Waals surface area contributed by atoms with Crippen molar-refractivity contribution >= 4 is 11.6 Å². The number of benzene rings is 1. The SMILES string of the molecule is Cc1cc(Cl)c(Oc2ccccc2)nc1C. The molecule has 1 heterocycles. The van der Waals surface area contributed by atoms with Gasteiger partial charge in [-0.3, -0.25) is 0 Å². The molecule has 1 aromatic carbocycles. The van der Waals surface area contributed by atoms with Crippen LogP contribution in [0.2, 0.25) is 5.02 Å². The van der Waals surface area contributed by atoms with E-state index < -0.39 is 0 Å². The molecule has 0 aliphatic rings. The Labute approximate surface area is 99.9 Å². The van der Waals surface area contributed by atoms with Crippen molar-refractivity contribution in [3.63, 3.8) is 0 Å². The summed E-state index contributed by atoms with van der Waals surface area (Å²) in [6.07, 6.45) is 0. The van der Waals surface area contributed by atoms with E-state index >= 15 is 0 Å². The number of aromatic nitrogens is 1. The molecule has 2 rings (SSSR count). The Kier molecular flexibility index (Phi) is 3.11. The number of aryl methyl sites for hydroxylation is 2. The largest absolute Gasteiger partial charge is 0.438 e. The maximum Gasteiger partial charge on any atom is 0.238 e. The summed E-state index contributed by atoms with van der Waals surface area (Å²) in [6, 6.07) is 11.3. The summed E-state index contributed by atoms with van der Waals surface area (Å²) in [4.78, 5) is 4.31. The zero-order valence-corrected chi connectivity index (χ0v) is 9.95. The monoisotopic (exact) mass is 233 g/mol. The molecule has 0 spiro atoms. The van der Waals surface area contributed by atoms with Crippen molar-refractivity contribution in [1.82, 2.24) is 4.98 Å². The highest BCUT2D eigenvalue weighted by molar-refractivity contribution is 6.31. The maximum atomic E-state index is 6.06. The molecule has 0 bridgehead atoms. The highest BCUT2D eigenvalue weighted by Gasteiger charge is 2.07. The van der Waals surface area contributed by atoms with E-state index in [0.29, 0.717) is 10.9 Å². The minimum atomic E-state index is 0.455. The predicted molar refractivity (Wildman–Crippen MR) is 65.2 cm³/mol. The van der Waals surface area contributed by atoms with E-state index in [0.717, 1.165) is 17.0 Å². The quantitative estimate of drug-likeness (QED) is 0.778. The van der Waals surface area contributed by atoms with Crippen LogP contribution in [0.1, 0.15) is 11.3 Å². The van der Waals surface area contributed by atoms with Gasteiger partial charge < -0.3 is 4.74 Å².